The average Bonchev–Trinajstić information content (AvgIpc) is 2.71. The molecule has 7 heteroatoms. The molecule has 1 heterocycles. The van der Waals surface area contributed by atoms with E-state index in [1.54, 1.807) is 0 Å². The molecule has 0 atom stereocenters. The van der Waals surface area contributed by atoms with Crippen LogP contribution < -0.4 is 15.2 Å². The molecule has 1 aliphatic heterocycles. The molecule has 0 saturated heterocycles. The van der Waals surface area contributed by atoms with E-state index in [9.17, 15) is 18.0 Å². The number of amides is 1. The standard InChI is InChI=1S/C11H8F3NO3/c12-11(13,14)7-3-6(1-2-9(15)16)4-8-10(7)18-5-17-8/h1-4H,5H2,(H2,15,16)/b2-1+. The number of halogens is 3. The number of ether oxygens (including phenoxy) is 2. The molecule has 0 saturated carbocycles. The van der Waals surface area contributed by atoms with Crippen LogP contribution in [0.25, 0.3) is 6.08 Å². The Labute approximate surface area is 99.8 Å². The molecule has 0 radical (unpaired) electrons. The second-order valence-corrected chi connectivity index (χ2v) is 3.54. The largest absolute Gasteiger partial charge is 0.454 e. The van der Waals surface area contributed by atoms with Crippen molar-refractivity contribution in [1.29, 1.82) is 0 Å². The van der Waals surface area contributed by atoms with E-state index in [2.05, 4.69) is 0 Å². The molecule has 0 bridgehead atoms. The first kappa shape index (κ1) is 12.3. The number of carbonyl (C=O) groups excluding carboxylic acids is 1. The van der Waals surface area contributed by atoms with E-state index >= 15 is 0 Å². The van der Waals surface area contributed by atoms with Gasteiger partial charge in [-0.1, -0.05) is 0 Å². The van der Waals surface area contributed by atoms with Crippen molar-refractivity contribution >= 4 is 12.0 Å². The summed E-state index contributed by atoms with van der Waals surface area (Å²) in [4.78, 5) is 10.5. The molecule has 4 nitrogen and oxygen atoms in total. The molecule has 1 aromatic carbocycles. The molecule has 1 aromatic rings. The summed E-state index contributed by atoms with van der Waals surface area (Å²) in [7, 11) is 0. The minimum Gasteiger partial charge on any atom is -0.454 e. The molecule has 1 aliphatic rings. The van der Waals surface area contributed by atoms with E-state index < -0.39 is 17.6 Å². The number of benzene rings is 1. The summed E-state index contributed by atoms with van der Waals surface area (Å²) < 4.78 is 48.0. The first-order valence-corrected chi connectivity index (χ1v) is 4.86. The third-order valence-corrected chi connectivity index (χ3v) is 2.24. The molecule has 0 aromatic heterocycles. The Morgan fingerprint density at radius 2 is 2.06 bits per heavy atom. The second kappa shape index (κ2) is 4.25. The lowest BCUT2D eigenvalue weighted by atomic mass is 10.1. The van der Waals surface area contributed by atoms with Gasteiger partial charge in [0.2, 0.25) is 12.7 Å². The fourth-order valence-corrected chi connectivity index (χ4v) is 1.52. The highest BCUT2D eigenvalue weighted by Gasteiger charge is 2.38. The SMILES string of the molecule is NC(=O)/C=C/c1cc2c(c(C(F)(F)F)c1)OCO2. The van der Waals surface area contributed by atoms with Gasteiger partial charge in [-0.3, -0.25) is 4.79 Å². The smallest absolute Gasteiger partial charge is 0.420 e. The maximum atomic E-state index is 12.8. The van der Waals surface area contributed by atoms with Crippen LogP contribution in [-0.2, 0) is 11.0 Å². The number of rotatable bonds is 2. The highest BCUT2D eigenvalue weighted by Crippen LogP contribution is 2.44. The van der Waals surface area contributed by atoms with E-state index in [0.29, 0.717) is 0 Å². The van der Waals surface area contributed by atoms with Crippen molar-refractivity contribution in [3.8, 4) is 11.5 Å². The van der Waals surface area contributed by atoms with Crippen molar-refractivity contribution in [3.63, 3.8) is 0 Å². The van der Waals surface area contributed by atoms with Crippen LogP contribution in [0.4, 0.5) is 13.2 Å². The zero-order chi connectivity index (χ0) is 13.3. The van der Waals surface area contributed by atoms with Gasteiger partial charge in [0.15, 0.2) is 11.5 Å². The van der Waals surface area contributed by atoms with Gasteiger partial charge in [0, 0.05) is 6.08 Å². The Hall–Kier alpha value is -2.18. The number of nitrogens with two attached hydrogens (primary N) is 1. The summed E-state index contributed by atoms with van der Waals surface area (Å²) in [6.07, 6.45) is -2.41. The Bertz CT molecular complexity index is 523. The van der Waals surface area contributed by atoms with Crippen LogP contribution in [0.5, 0.6) is 11.5 Å². The van der Waals surface area contributed by atoms with Crippen molar-refractivity contribution in [3.05, 3.63) is 29.3 Å². The number of alkyl halides is 3. The molecular weight excluding hydrogens is 251 g/mol. The van der Waals surface area contributed by atoms with Crippen molar-refractivity contribution in [2.45, 2.75) is 6.18 Å². The summed E-state index contributed by atoms with van der Waals surface area (Å²) in [6, 6.07) is 2.21. The maximum Gasteiger partial charge on any atom is 0.420 e. The summed E-state index contributed by atoms with van der Waals surface area (Å²) in [5.74, 6) is -1.09. The van der Waals surface area contributed by atoms with Crippen LogP contribution in [0.1, 0.15) is 11.1 Å². The molecule has 18 heavy (non-hydrogen) atoms. The highest BCUT2D eigenvalue weighted by molar-refractivity contribution is 5.90. The van der Waals surface area contributed by atoms with Crippen LogP contribution in [0.2, 0.25) is 0 Å². The molecular formula is C11H8F3NO3. The molecule has 1 amide bonds. The van der Waals surface area contributed by atoms with E-state index in [0.717, 1.165) is 12.1 Å². The van der Waals surface area contributed by atoms with Gasteiger partial charge >= 0.3 is 6.18 Å². The lowest BCUT2D eigenvalue weighted by molar-refractivity contribution is -0.138. The Kier molecular flexibility index (Phi) is 2.90. The quantitative estimate of drug-likeness (QED) is 0.825. The normalized spacial score (nSPS) is 14.2. The minimum absolute atomic E-state index is 0.00561. The lowest BCUT2D eigenvalue weighted by Crippen LogP contribution is -2.07. The second-order valence-electron chi connectivity index (χ2n) is 3.54. The summed E-state index contributed by atoms with van der Waals surface area (Å²) in [6.45, 7) is -0.262. The average molecular weight is 259 g/mol. The van der Waals surface area contributed by atoms with Crippen molar-refractivity contribution < 1.29 is 27.4 Å². The third kappa shape index (κ3) is 2.39. The lowest BCUT2D eigenvalue weighted by Gasteiger charge is -2.10. The van der Waals surface area contributed by atoms with Crippen LogP contribution in [0.3, 0.4) is 0 Å². The van der Waals surface area contributed by atoms with Gasteiger partial charge in [-0.05, 0) is 23.8 Å². The van der Waals surface area contributed by atoms with Crippen LogP contribution >= 0.6 is 0 Å². The predicted octanol–water partition coefficient (Wildman–Crippen LogP) is 1.93. The number of primary amides is 1. The zero-order valence-electron chi connectivity index (χ0n) is 8.95. The van der Waals surface area contributed by atoms with E-state index in [4.69, 9.17) is 15.2 Å². The monoisotopic (exact) mass is 259 g/mol. The fraction of sp³-hybridized carbons (Fsp3) is 0.182. The van der Waals surface area contributed by atoms with Gasteiger partial charge < -0.3 is 15.2 Å². The number of hydrogen-bond donors (Lipinski definition) is 1. The first-order valence-electron chi connectivity index (χ1n) is 4.86. The van der Waals surface area contributed by atoms with E-state index in [1.165, 1.54) is 12.1 Å². The van der Waals surface area contributed by atoms with E-state index in [1.807, 2.05) is 0 Å². The number of fused-ring (bicyclic) bond motifs is 1. The zero-order valence-corrected chi connectivity index (χ0v) is 8.95. The molecule has 96 valence electrons. The van der Waals surface area contributed by atoms with Crippen molar-refractivity contribution in [2.75, 3.05) is 6.79 Å². The van der Waals surface area contributed by atoms with Crippen LogP contribution in [-0.4, -0.2) is 12.7 Å². The molecule has 0 spiro atoms. The summed E-state index contributed by atoms with van der Waals surface area (Å²) in [5, 5.41) is 0. The van der Waals surface area contributed by atoms with Gasteiger partial charge in [-0.15, -0.1) is 0 Å². The number of carbonyl (C=O) groups is 1. The predicted molar refractivity (Wildman–Crippen MR) is 55.8 cm³/mol. The van der Waals surface area contributed by atoms with E-state index in [-0.39, 0.29) is 23.9 Å². The molecule has 2 N–H and O–H groups in total. The van der Waals surface area contributed by atoms with Crippen molar-refractivity contribution in [2.24, 2.45) is 5.73 Å². The van der Waals surface area contributed by atoms with Gasteiger partial charge in [0.05, 0.1) is 0 Å². The third-order valence-electron chi connectivity index (χ3n) is 2.24. The minimum atomic E-state index is -4.56. The Morgan fingerprint density at radius 3 is 2.67 bits per heavy atom. The van der Waals surface area contributed by atoms with Gasteiger partial charge in [0.25, 0.3) is 0 Å². The van der Waals surface area contributed by atoms with Crippen molar-refractivity contribution in [1.82, 2.24) is 0 Å². The molecule has 2 rings (SSSR count). The highest BCUT2D eigenvalue weighted by atomic mass is 19.4. The summed E-state index contributed by atoms with van der Waals surface area (Å²) >= 11 is 0. The Balaban J connectivity index is 2.49. The molecule has 0 unspecified atom stereocenters. The van der Waals surface area contributed by atoms with Gasteiger partial charge in [-0.2, -0.15) is 13.2 Å². The van der Waals surface area contributed by atoms with Crippen LogP contribution in [0, 0.1) is 0 Å². The topological polar surface area (TPSA) is 61.6 Å². The maximum absolute atomic E-state index is 12.8. The Morgan fingerprint density at radius 1 is 1.33 bits per heavy atom. The van der Waals surface area contributed by atoms with Gasteiger partial charge in [-0.25, -0.2) is 0 Å². The fourth-order valence-electron chi connectivity index (χ4n) is 1.52. The molecule has 0 fully saturated rings. The first-order chi connectivity index (χ1) is 8.38. The molecule has 0 aliphatic carbocycles. The summed E-state index contributed by atoms with van der Waals surface area (Å²) in [5.41, 5.74) is 4.09. The van der Waals surface area contributed by atoms with Crippen LogP contribution in [0.15, 0.2) is 18.2 Å². The van der Waals surface area contributed by atoms with Gasteiger partial charge in [0.1, 0.15) is 5.56 Å². The number of hydrogen-bond acceptors (Lipinski definition) is 3.